The summed E-state index contributed by atoms with van der Waals surface area (Å²) in [5.74, 6) is 1.02. The van der Waals surface area contributed by atoms with Crippen LogP contribution in [0.3, 0.4) is 0 Å². The highest BCUT2D eigenvalue weighted by Crippen LogP contribution is 2.29. The summed E-state index contributed by atoms with van der Waals surface area (Å²) in [6, 6.07) is 4.85. The Balaban J connectivity index is 2.15. The van der Waals surface area contributed by atoms with Crippen LogP contribution in [-0.4, -0.2) is 19.4 Å². The molecule has 1 aromatic rings. The second kappa shape index (κ2) is 5.51. The van der Waals surface area contributed by atoms with Crippen molar-refractivity contribution in [3.8, 4) is 0 Å². The smallest absolute Gasteiger partial charge is 0.155 e. The quantitative estimate of drug-likeness (QED) is 0.764. The van der Waals surface area contributed by atoms with Gasteiger partial charge in [-0.15, -0.1) is 0 Å². The first kappa shape index (κ1) is 13.1. The summed E-state index contributed by atoms with van der Waals surface area (Å²) in [6.45, 7) is 6.32. The maximum absolute atomic E-state index is 13.6. The first-order valence-corrected chi connectivity index (χ1v) is 6.62. The SMILES string of the molecule is CC(C)C1CCN(c2cccc(F)c2C=O)CC1. The summed E-state index contributed by atoms with van der Waals surface area (Å²) in [5.41, 5.74) is 0.938. The number of aldehydes is 1. The Kier molecular flexibility index (Phi) is 4.00. The van der Waals surface area contributed by atoms with Crippen LogP contribution in [0.5, 0.6) is 0 Å². The van der Waals surface area contributed by atoms with Crippen LogP contribution in [-0.2, 0) is 0 Å². The summed E-state index contributed by atoms with van der Waals surface area (Å²) in [6.07, 6.45) is 2.86. The molecule has 0 bridgehead atoms. The number of carbonyl (C=O) groups excluding carboxylic acids is 1. The molecule has 1 saturated heterocycles. The molecule has 1 fully saturated rings. The number of anilines is 1. The number of benzene rings is 1. The lowest BCUT2D eigenvalue weighted by Gasteiger charge is -2.35. The van der Waals surface area contributed by atoms with Crippen molar-refractivity contribution in [2.45, 2.75) is 26.7 Å². The summed E-state index contributed by atoms with van der Waals surface area (Å²) >= 11 is 0. The average Bonchev–Trinajstić information content (AvgIpc) is 2.38. The van der Waals surface area contributed by atoms with Gasteiger partial charge in [0.25, 0.3) is 0 Å². The molecule has 0 N–H and O–H groups in total. The Morgan fingerprint density at radius 2 is 2.00 bits per heavy atom. The fraction of sp³-hybridized carbons (Fsp3) is 0.533. The zero-order valence-corrected chi connectivity index (χ0v) is 11.0. The van der Waals surface area contributed by atoms with E-state index in [2.05, 4.69) is 18.7 Å². The third-order valence-electron chi connectivity index (χ3n) is 3.97. The first-order chi connectivity index (χ1) is 8.63. The van der Waals surface area contributed by atoms with Crippen LogP contribution < -0.4 is 4.90 Å². The molecule has 2 nitrogen and oxygen atoms in total. The van der Waals surface area contributed by atoms with Crippen LogP contribution in [0.4, 0.5) is 10.1 Å². The Labute approximate surface area is 108 Å². The van der Waals surface area contributed by atoms with Gasteiger partial charge in [-0.3, -0.25) is 4.79 Å². The zero-order valence-electron chi connectivity index (χ0n) is 11.0. The minimum Gasteiger partial charge on any atom is -0.371 e. The summed E-state index contributed by atoms with van der Waals surface area (Å²) in [4.78, 5) is 13.1. The molecule has 0 amide bonds. The number of rotatable bonds is 3. The van der Waals surface area contributed by atoms with Crippen molar-refractivity contribution in [3.63, 3.8) is 0 Å². The highest BCUT2D eigenvalue weighted by Gasteiger charge is 2.23. The lowest BCUT2D eigenvalue weighted by Crippen LogP contribution is -2.35. The number of hydrogen-bond acceptors (Lipinski definition) is 2. The van der Waals surface area contributed by atoms with Crippen molar-refractivity contribution in [3.05, 3.63) is 29.6 Å². The largest absolute Gasteiger partial charge is 0.371 e. The number of nitrogens with zero attached hydrogens (tertiary/aromatic N) is 1. The van der Waals surface area contributed by atoms with Gasteiger partial charge in [0.1, 0.15) is 5.82 Å². The van der Waals surface area contributed by atoms with E-state index >= 15 is 0 Å². The molecule has 18 heavy (non-hydrogen) atoms. The van der Waals surface area contributed by atoms with Crippen LogP contribution >= 0.6 is 0 Å². The van der Waals surface area contributed by atoms with E-state index in [0.717, 1.165) is 37.5 Å². The van der Waals surface area contributed by atoms with Gasteiger partial charge in [-0.25, -0.2) is 4.39 Å². The molecule has 0 spiro atoms. The van der Waals surface area contributed by atoms with E-state index in [1.807, 2.05) is 6.07 Å². The van der Waals surface area contributed by atoms with Gasteiger partial charge in [0.05, 0.1) is 11.3 Å². The predicted molar refractivity (Wildman–Crippen MR) is 71.6 cm³/mol. The molecule has 0 atom stereocenters. The van der Waals surface area contributed by atoms with Gasteiger partial charge in [-0.2, -0.15) is 0 Å². The second-order valence-corrected chi connectivity index (χ2v) is 5.36. The van der Waals surface area contributed by atoms with E-state index in [0.29, 0.717) is 12.2 Å². The third-order valence-corrected chi connectivity index (χ3v) is 3.97. The molecule has 0 aliphatic carbocycles. The molecule has 1 aliphatic rings. The van der Waals surface area contributed by atoms with Crippen molar-refractivity contribution in [2.75, 3.05) is 18.0 Å². The lowest BCUT2D eigenvalue weighted by atomic mass is 9.86. The van der Waals surface area contributed by atoms with Crippen LogP contribution in [0.25, 0.3) is 0 Å². The Hall–Kier alpha value is -1.38. The Bertz CT molecular complexity index is 423. The van der Waals surface area contributed by atoms with Gasteiger partial charge >= 0.3 is 0 Å². The van der Waals surface area contributed by atoms with E-state index in [4.69, 9.17) is 0 Å². The minimum atomic E-state index is -0.423. The van der Waals surface area contributed by atoms with E-state index in [9.17, 15) is 9.18 Å². The molecule has 1 aromatic carbocycles. The fourth-order valence-corrected chi connectivity index (χ4v) is 2.73. The number of hydrogen-bond donors (Lipinski definition) is 0. The van der Waals surface area contributed by atoms with Gasteiger partial charge in [0, 0.05) is 13.1 Å². The summed E-state index contributed by atoms with van der Waals surface area (Å²) < 4.78 is 13.6. The van der Waals surface area contributed by atoms with Crippen molar-refractivity contribution in [1.82, 2.24) is 0 Å². The first-order valence-electron chi connectivity index (χ1n) is 6.62. The second-order valence-electron chi connectivity index (χ2n) is 5.36. The van der Waals surface area contributed by atoms with Crippen LogP contribution in [0.2, 0.25) is 0 Å². The van der Waals surface area contributed by atoms with Gasteiger partial charge in [-0.1, -0.05) is 19.9 Å². The highest BCUT2D eigenvalue weighted by molar-refractivity contribution is 5.85. The van der Waals surface area contributed by atoms with Crippen LogP contribution in [0, 0.1) is 17.7 Å². The fourth-order valence-electron chi connectivity index (χ4n) is 2.73. The van der Waals surface area contributed by atoms with E-state index in [1.54, 1.807) is 6.07 Å². The molecule has 1 heterocycles. The molecular formula is C15H20FNO. The Morgan fingerprint density at radius 1 is 1.33 bits per heavy atom. The normalized spacial score (nSPS) is 17.2. The maximum Gasteiger partial charge on any atom is 0.155 e. The Morgan fingerprint density at radius 3 is 2.56 bits per heavy atom. The molecule has 3 heteroatoms. The highest BCUT2D eigenvalue weighted by atomic mass is 19.1. The number of carbonyl (C=O) groups is 1. The predicted octanol–water partition coefficient (Wildman–Crippen LogP) is 3.51. The summed E-state index contributed by atoms with van der Waals surface area (Å²) in [5, 5.41) is 0. The average molecular weight is 249 g/mol. The molecule has 2 rings (SSSR count). The molecule has 0 saturated carbocycles. The van der Waals surface area contributed by atoms with Gasteiger partial charge < -0.3 is 4.90 Å². The van der Waals surface area contributed by atoms with Crippen molar-refractivity contribution >= 4 is 12.0 Å². The van der Waals surface area contributed by atoms with Gasteiger partial charge in [0.2, 0.25) is 0 Å². The van der Waals surface area contributed by atoms with Crippen molar-refractivity contribution in [2.24, 2.45) is 11.8 Å². The molecule has 98 valence electrons. The standard InChI is InChI=1S/C15H20FNO/c1-11(2)12-6-8-17(9-7-12)15-5-3-4-14(16)13(15)10-18/h3-5,10-12H,6-9H2,1-2H3. The lowest BCUT2D eigenvalue weighted by molar-refractivity contribution is 0.112. The maximum atomic E-state index is 13.6. The van der Waals surface area contributed by atoms with Crippen LogP contribution in [0.15, 0.2) is 18.2 Å². The van der Waals surface area contributed by atoms with E-state index in [-0.39, 0.29) is 5.56 Å². The monoisotopic (exact) mass is 249 g/mol. The van der Waals surface area contributed by atoms with Crippen molar-refractivity contribution < 1.29 is 9.18 Å². The molecule has 0 aromatic heterocycles. The number of piperidine rings is 1. The number of halogens is 1. The molecule has 0 radical (unpaired) electrons. The van der Waals surface area contributed by atoms with Gasteiger partial charge in [-0.05, 0) is 36.8 Å². The topological polar surface area (TPSA) is 20.3 Å². The van der Waals surface area contributed by atoms with Crippen LogP contribution in [0.1, 0.15) is 37.0 Å². The minimum absolute atomic E-state index is 0.195. The molecular weight excluding hydrogens is 229 g/mol. The van der Waals surface area contributed by atoms with E-state index < -0.39 is 5.82 Å². The van der Waals surface area contributed by atoms with E-state index in [1.165, 1.54) is 6.07 Å². The third kappa shape index (κ3) is 2.55. The molecule has 0 unspecified atom stereocenters. The zero-order chi connectivity index (χ0) is 13.1. The van der Waals surface area contributed by atoms with Gasteiger partial charge in [0.15, 0.2) is 6.29 Å². The summed E-state index contributed by atoms with van der Waals surface area (Å²) in [7, 11) is 0. The van der Waals surface area contributed by atoms with Crippen molar-refractivity contribution in [1.29, 1.82) is 0 Å². The molecule has 1 aliphatic heterocycles.